The lowest BCUT2D eigenvalue weighted by molar-refractivity contribution is 0.0178. The van der Waals surface area contributed by atoms with Crippen LogP contribution in [0.25, 0.3) is 0 Å². The molecule has 2 heterocycles. The minimum absolute atomic E-state index is 0.0893. The van der Waals surface area contributed by atoms with E-state index in [2.05, 4.69) is 10.3 Å². The molecule has 0 unspecified atom stereocenters. The summed E-state index contributed by atoms with van der Waals surface area (Å²) in [6.45, 7) is 8.07. The molecule has 0 aromatic carbocycles. The van der Waals surface area contributed by atoms with E-state index in [9.17, 15) is 4.79 Å². The minimum Gasteiger partial charge on any atom is -0.490 e. The summed E-state index contributed by atoms with van der Waals surface area (Å²) in [5.74, 6) is 0.730. The molecule has 1 fully saturated rings. The summed E-state index contributed by atoms with van der Waals surface area (Å²) >= 11 is 0. The van der Waals surface area contributed by atoms with Crippen molar-refractivity contribution in [2.75, 3.05) is 26.2 Å². The molecule has 0 aliphatic carbocycles. The van der Waals surface area contributed by atoms with Crippen LogP contribution in [0.15, 0.2) is 24.5 Å². The van der Waals surface area contributed by atoms with Gasteiger partial charge in [0.25, 0.3) is 0 Å². The summed E-state index contributed by atoms with van der Waals surface area (Å²) < 4.78 is 11.1. The second kappa shape index (κ2) is 6.76. The van der Waals surface area contributed by atoms with Crippen molar-refractivity contribution in [3.63, 3.8) is 0 Å². The molecule has 1 aromatic heterocycles. The Bertz CT molecular complexity index is 459. The Hall–Kier alpha value is -1.82. The molecular weight excluding hydrogens is 270 g/mol. The molecule has 1 amide bonds. The monoisotopic (exact) mass is 293 g/mol. The SMILES string of the molecule is CC(C)(C)OC(=O)N1CCN[C@H](COc2cccnc2)C1. The van der Waals surface area contributed by atoms with Crippen molar-refractivity contribution in [2.24, 2.45) is 0 Å². The lowest BCUT2D eigenvalue weighted by Crippen LogP contribution is -2.55. The number of hydrogen-bond donors (Lipinski definition) is 1. The Morgan fingerprint density at radius 2 is 2.33 bits per heavy atom. The van der Waals surface area contributed by atoms with Gasteiger partial charge < -0.3 is 19.7 Å². The van der Waals surface area contributed by atoms with Crippen LogP contribution in [0.5, 0.6) is 5.75 Å². The topological polar surface area (TPSA) is 63.7 Å². The van der Waals surface area contributed by atoms with Gasteiger partial charge in [0.05, 0.1) is 12.2 Å². The number of carbonyl (C=O) groups is 1. The van der Waals surface area contributed by atoms with Gasteiger partial charge in [0, 0.05) is 25.8 Å². The fourth-order valence-electron chi connectivity index (χ4n) is 2.06. The summed E-state index contributed by atoms with van der Waals surface area (Å²) in [6.07, 6.45) is 3.11. The highest BCUT2D eigenvalue weighted by Crippen LogP contribution is 2.12. The van der Waals surface area contributed by atoms with Gasteiger partial charge >= 0.3 is 6.09 Å². The average Bonchev–Trinajstić information content (AvgIpc) is 2.45. The number of aromatic nitrogens is 1. The molecule has 0 spiro atoms. The van der Waals surface area contributed by atoms with E-state index < -0.39 is 5.60 Å². The van der Waals surface area contributed by atoms with E-state index in [0.29, 0.717) is 19.7 Å². The standard InChI is InChI=1S/C15H23N3O3/c1-15(2,3)21-14(19)18-8-7-17-12(10-18)11-20-13-5-4-6-16-9-13/h4-6,9,12,17H,7-8,10-11H2,1-3H3/t12-/m0/s1. The van der Waals surface area contributed by atoms with Gasteiger partial charge in [0.15, 0.2) is 0 Å². The van der Waals surface area contributed by atoms with Gasteiger partial charge in [0.1, 0.15) is 18.0 Å². The van der Waals surface area contributed by atoms with Crippen molar-refractivity contribution in [3.8, 4) is 5.75 Å². The summed E-state index contributed by atoms with van der Waals surface area (Å²) in [7, 11) is 0. The number of carbonyl (C=O) groups excluding carboxylic acids is 1. The highest BCUT2D eigenvalue weighted by molar-refractivity contribution is 5.68. The first-order valence-corrected chi connectivity index (χ1v) is 7.18. The Morgan fingerprint density at radius 1 is 1.52 bits per heavy atom. The van der Waals surface area contributed by atoms with Crippen LogP contribution in [-0.4, -0.2) is 53.9 Å². The molecule has 116 valence electrons. The van der Waals surface area contributed by atoms with E-state index in [1.54, 1.807) is 17.3 Å². The first-order chi connectivity index (χ1) is 9.94. The number of rotatable bonds is 3. The number of piperazine rings is 1. The van der Waals surface area contributed by atoms with Crippen LogP contribution >= 0.6 is 0 Å². The van der Waals surface area contributed by atoms with Crippen molar-refractivity contribution < 1.29 is 14.3 Å². The van der Waals surface area contributed by atoms with Gasteiger partial charge in [-0.3, -0.25) is 4.98 Å². The Morgan fingerprint density at radius 3 is 3.00 bits per heavy atom. The lowest BCUT2D eigenvalue weighted by atomic mass is 10.2. The fourth-order valence-corrected chi connectivity index (χ4v) is 2.06. The molecule has 0 saturated carbocycles. The van der Waals surface area contributed by atoms with Gasteiger partial charge in [-0.25, -0.2) is 4.79 Å². The number of ether oxygens (including phenoxy) is 2. The second-order valence-electron chi connectivity index (χ2n) is 6.08. The quantitative estimate of drug-likeness (QED) is 0.918. The van der Waals surface area contributed by atoms with Gasteiger partial charge in [-0.1, -0.05) is 0 Å². The van der Waals surface area contributed by atoms with Crippen LogP contribution in [0, 0.1) is 0 Å². The van der Waals surface area contributed by atoms with Gasteiger partial charge in [0.2, 0.25) is 0 Å². The zero-order chi connectivity index (χ0) is 15.3. The smallest absolute Gasteiger partial charge is 0.410 e. The summed E-state index contributed by atoms with van der Waals surface area (Å²) in [4.78, 5) is 17.8. The minimum atomic E-state index is -0.469. The highest BCUT2D eigenvalue weighted by atomic mass is 16.6. The molecule has 1 aromatic rings. The van der Waals surface area contributed by atoms with Crippen molar-refractivity contribution >= 4 is 6.09 Å². The molecular formula is C15H23N3O3. The Labute approximate surface area is 125 Å². The normalized spacial score (nSPS) is 19.2. The fraction of sp³-hybridized carbons (Fsp3) is 0.600. The Balaban J connectivity index is 1.82. The maximum Gasteiger partial charge on any atom is 0.410 e. The van der Waals surface area contributed by atoms with Crippen LogP contribution in [0.3, 0.4) is 0 Å². The predicted molar refractivity (Wildman–Crippen MR) is 79.3 cm³/mol. The van der Waals surface area contributed by atoms with Crippen LogP contribution in [0.2, 0.25) is 0 Å². The number of pyridine rings is 1. The average molecular weight is 293 g/mol. The summed E-state index contributed by atoms with van der Waals surface area (Å²) in [5, 5.41) is 3.34. The molecule has 1 N–H and O–H groups in total. The van der Waals surface area contributed by atoms with Gasteiger partial charge in [-0.15, -0.1) is 0 Å². The van der Waals surface area contributed by atoms with E-state index in [-0.39, 0.29) is 12.1 Å². The number of nitrogens with zero attached hydrogens (tertiary/aromatic N) is 2. The van der Waals surface area contributed by atoms with E-state index >= 15 is 0 Å². The summed E-state index contributed by atoms with van der Waals surface area (Å²) in [5.41, 5.74) is -0.469. The molecule has 2 rings (SSSR count). The van der Waals surface area contributed by atoms with E-state index in [0.717, 1.165) is 12.3 Å². The molecule has 1 saturated heterocycles. The van der Waals surface area contributed by atoms with Crippen molar-refractivity contribution in [3.05, 3.63) is 24.5 Å². The van der Waals surface area contributed by atoms with Crippen LogP contribution in [0.1, 0.15) is 20.8 Å². The van der Waals surface area contributed by atoms with Crippen LogP contribution in [-0.2, 0) is 4.74 Å². The zero-order valence-corrected chi connectivity index (χ0v) is 12.8. The number of hydrogen-bond acceptors (Lipinski definition) is 5. The molecule has 6 heteroatoms. The Kier molecular flexibility index (Phi) is 5.01. The maximum absolute atomic E-state index is 12.1. The molecule has 21 heavy (non-hydrogen) atoms. The second-order valence-corrected chi connectivity index (χ2v) is 6.08. The highest BCUT2D eigenvalue weighted by Gasteiger charge is 2.27. The molecule has 1 aliphatic heterocycles. The van der Waals surface area contributed by atoms with Gasteiger partial charge in [-0.2, -0.15) is 0 Å². The van der Waals surface area contributed by atoms with E-state index in [4.69, 9.17) is 9.47 Å². The largest absolute Gasteiger partial charge is 0.490 e. The first-order valence-electron chi connectivity index (χ1n) is 7.18. The third-order valence-electron chi connectivity index (χ3n) is 2.99. The van der Waals surface area contributed by atoms with Crippen LogP contribution < -0.4 is 10.1 Å². The molecule has 1 atom stereocenters. The van der Waals surface area contributed by atoms with E-state index in [1.807, 2.05) is 32.9 Å². The third kappa shape index (κ3) is 5.23. The van der Waals surface area contributed by atoms with Gasteiger partial charge in [-0.05, 0) is 32.9 Å². The summed E-state index contributed by atoms with van der Waals surface area (Å²) in [6, 6.07) is 3.78. The van der Waals surface area contributed by atoms with Crippen LogP contribution in [0.4, 0.5) is 4.79 Å². The number of amides is 1. The third-order valence-corrected chi connectivity index (χ3v) is 2.99. The predicted octanol–water partition coefficient (Wildman–Crippen LogP) is 1.67. The zero-order valence-electron chi connectivity index (χ0n) is 12.8. The maximum atomic E-state index is 12.1. The van der Waals surface area contributed by atoms with Crippen molar-refractivity contribution in [1.82, 2.24) is 15.2 Å². The van der Waals surface area contributed by atoms with Crippen molar-refractivity contribution in [2.45, 2.75) is 32.4 Å². The lowest BCUT2D eigenvalue weighted by Gasteiger charge is -2.34. The van der Waals surface area contributed by atoms with Crippen molar-refractivity contribution in [1.29, 1.82) is 0 Å². The molecule has 0 radical (unpaired) electrons. The number of nitrogens with one attached hydrogen (secondary N) is 1. The molecule has 0 bridgehead atoms. The van der Waals surface area contributed by atoms with E-state index in [1.165, 1.54) is 0 Å². The molecule has 1 aliphatic rings. The first kappa shape index (κ1) is 15.6. The molecule has 6 nitrogen and oxygen atoms in total.